The van der Waals surface area contributed by atoms with Crippen molar-refractivity contribution in [2.75, 3.05) is 0 Å². The molecule has 0 aromatic heterocycles. The molecule has 0 spiro atoms. The van der Waals surface area contributed by atoms with Crippen molar-refractivity contribution in [1.82, 2.24) is 0 Å². The molecule has 0 aromatic rings. The van der Waals surface area contributed by atoms with Gasteiger partial charge in [-0.3, -0.25) is 4.79 Å². The third kappa shape index (κ3) is 2.20. The lowest BCUT2D eigenvalue weighted by Gasteiger charge is -2.60. The van der Waals surface area contributed by atoms with Gasteiger partial charge in [0.25, 0.3) is 0 Å². The Kier molecular flexibility index (Phi) is 3.97. The van der Waals surface area contributed by atoms with Crippen molar-refractivity contribution in [2.45, 2.75) is 78.6 Å². The monoisotopic (exact) mass is 330 g/mol. The van der Waals surface area contributed by atoms with Crippen molar-refractivity contribution in [3.05, 3.63) is 0 Å². The highest BCUT2D eigenvalue weighted by molar-refractivity contribution is 5.79. The maximum Gasteiger partial charge on any atom is 0.133 e. The highest BCUT2D eigenvalue weighted by atomic mass is 16.1. The summed E-state index contributed by atoms with van der Waals surface area (Å²) in [4.78, 5) is 23.4. The zero-order valence-electron chi connectivity index (χ0n) is 15.7. The number of carbonyl (C=O) groups is 2. The van der Waals surface area contributed by atoms with Crippen molar-refractivity contribution in [3.63, 3.8) is 0 Å². The van der Waals surface area contributed by atoms with E-state index in [4.69, 9.17) is 0 Å². The molecule has 0 radical (unpaired) electrons. The summed E-state index contributed by atoms with van der Waals surface area (Å²) in [6.07, 6.45) is 11.8. The first-order valence-corrected chi connectivity index (χ1v) is 10.4. The van der Waals surface area contributed by atoms with Gasteiger partial charge in [0.15, 0.2) is 0 Å². The van der Waals surface area contributed by atoms with E-state index in [0.717, 1.165) is 37.0 Å². The Labute approximate surface area is 147 Å². The molecule has 0 saturated heterocycles. The molecule has 24 heavy (non-hydrogen) atoms. The van der Waals surface area contributed by atoms with E-state index in [2.05, 4.69) is 20.8 Å². The molecule has 0 amide bonds. The third-order valence-electron chi connectivity index (χ3n) is 9.40. The quantitative estimate of drug-likeness (QED) is 0.664. The maximum absolute atomic E-state index is 12.0. The van der Waals surface area contributed by atoms with Crippen molar-refractivity contribution >= 4 is 12.1 Å². The Morgan fingerprint density at radius 3 is 2.50 bits per heavy atom. The van der Waals surface area contributed by atoms with Crippen LogP contribution >= 0.6 is 0 Å². The van der Waals surface area contributed by atoms with Crippen LogP contribution < -0.4 is 0 Å². The normalized spacial score (nSPS) is 52.1. The van der Waals surface area contributed by atoms with E-state index in [-0.39, 0.29) is 5.92 Å². The molecule has 0 aromatic carbocycles. The van der Waals surface area contributed by atoms with E-state index in [1.807, 2.05) is 0 Å². The molecule has 8 atom stereocenters. The Bertz CT molecular complexity index is 540. The molecule has 3 unspecified atom stereocenters. The number of hydrogen-bond acceptors (Lipinski definition) is 2. The van der Waals surface area contributed by atoms with Gasteiger partial charge in [0, 0.05) is 18.8 Å². The predicted molar refractivity (Wildman–Crippen MR) is 95.5 cm³/mol. The van der Waals surface area contributed by atoms with Gasteiger partial charge in [-0.25, -0.2) is 0 Å². The number of aldehydes is 1. The molecule has 2 heteroatoms. The first kappa shape index (κ1) is 16.8. The number of fused-ring (bicyclic) bond motifs is 5. The first-order valence-electron chi connectivity index (χ1n) is 10.4. The van der Waals surface area contributed by atoms with Gasteiger partial charge in [0.1, 0.15) is 12.1 Å². The molecule has 0 heterocycles. The summed E-state index contributed by atoms with van der Waals surface area (Å²) in [6.45, 7) is 7.16. The number of carbonyl (C=O) groups excluding carboxylic acids is 2. The zero-order chi connectivity index (χ0) is 17.1. The summed E-state index contributed by atoms with van der Waals surface area (Å²) in [6, 6.07) is 0. The Hall–Kier alpha value is -0.660. The minimum absolute atomic E-state index is 0.218. The lowest BCUT2D eigenvalue weighted by Crippen LogP contribution is -2.53. The number of hydrogen-bond donors (Lipinski definition) is 0. The topological polar surface area (TPSA) is 34.1 Å². The van der Waals surface area contributed by atoms with E-state index in [9.17, 15) is 9.59 Å². The fourth-order valence-corrected chi connectivity index (χ4v) is 8.04. The Balaban J connectivity index is 1.61. The summed E-state index contributed by atoms with van der Waals surface area (Å²) in [5.74, 6) is 4.47. The molecule has 0 aliphatic heterocycles. The molecule has 2 nitrogen and oxygen atoms in total. The fraction of sp³-hybridized carbons (Fsp3) is 0.909. The molecule has 4 saturated carbocycles. The zero-order valence-corrected chi connectivity index (χ0v) is 15.7. The van der Waals surface area contributed by atoms with Crippen LogP contribution in [-0.4, -0.2) is 12.1 Å². The van der Waals surface area contributed by atoms with Crippen LogP contribution in [0.15, 0.2) is 0 Å². The number of ketones is 1. The van der Waals surface area contributed by atoms with Gasteiger partial charge in [-0.1, -0.05) is 20.8 Å². The van der Waals surface area contributed by atoms with Crippen molar-refractivity contribution in [3.8, 4) is 0 Å². The highest BCUT2D eigenvalue weighted by Gasteiger charge is 2.60. The number of Topliss-reactive ketones (excluding diaryl/α,β-unsaturated/α-hetero) is 1. The Morgan fingerprint density at radius 1 is 1.00 bits per heavy atom. The smallest absolute Gasteiger partial charge is 0.133 e. The minimum Gasteiger partial charge on any atom is -0.303 e. The minimum atomic E-state index is 0.218. The molecule has 4 aliphatic rings. The van der Waals surface area contributed by atoms with E-state index in [1.165, 1.54) is 44.8 Å². The van der Waals surface area contributed by atoms with Crippen LogP contribution in [0.2, 0.25) is 0 Å². The Morgan fingerprint density at radius 2 is 1.75 bits per heavy atom. The molecule has 4 fully saturated rings. The second-order valence-electron chi connectivity index (χ2n) is 10.1. The van der Waals surface area contributed by atoms with Crippen LogP contribution in [0.25, 0.3) is 0 Å². The summed E-state index contributed by atoms with van der Waals surface area (Å²) in [7, 11) is 0. The number of rotatable bonds is 2. The lowest BCUT2D eigenvalue weighted by atomic mass is 9.44. The first-order chi connectivity index (χ1) is 11.4. The van der Waals surface area contributed by atoms with E-state index in [0.29, 0.717) is 28.4 Å². The third-order valence-corrected chi connectivity index (χ3v) is 9.40. The van der Waals surface area contributed by atoms with Crippen LogP contribution in [0, 0.1) is 46.3 Å². The van der Waals surface area contributed by atoms with Crippen LogP contribution in [0.1, 0.15) is 78.6 Å². The van der Waals surface area contributed by atoms with Crippen molar-refractivity contribution in [2.24, 2.45) is 46.3 Å². The lowest BCUT2D eigenvalue weighted by molar-refractivity contribution is -0.140. The summed E-state index contributed by atoms with van der Waals surface area (Å²) in [5.41, 5.74) is 0.793. The molecule has 0 bridgehead atoms. The average molecular weight is 331 g/mol. The van der Waals surface area contributed by atoms with E-state index >= 15 is 0 Å². The van der Waals surface area contributed by atoms with E-state index in [1.54, 1.807) is 0 Å². The second kappa shape index (κ2) is 5.68. The SMILES string of the molecule is C[C@H](C=O)[C@H]1CCC2C3CC[C@H]4CC(=O)CC[C@]4(C)C3CC[C@@]21C. The van der Waals surface area contributed by atoms with Gasteiger partial charge in [-0.05, 0) is 85.4 Å². The second-order valence-corrected chi connectivity index (χ2v) is 10.1. The average Bonchev–Trinajstić information content (AvgIpc) is 2.92. The maximum atomic E-state index is 12.0. The molecule has 0 N–H and O–H groups in total. The summed E-state index contributed by atoms with van der Waals surface area (Å²) in [5, 5.41) is 0. The standard InChI is InChI=1S/C22H34O2/c1-14(13-23)18-6-7-19-17-5-4-15-12-16(24)8-10-21(15,2)20(17)9-11-22(18,19)3/h13-15,17-20H,4-12H2,1-3H3/t14-,15+,17?,18-,19?,20?,21+,22-/m1/s1. The fourth-order valence-electron chi connectivity index (χ4n) is 8.04. The largest absolute Gasteiger partial charge is 0.303 e. The van der Waals surface area contributed by atoms with Crippen molar-refractivity contribution < 1.29 is 9.59 Å². The van der Waals surface area contributed by atoms with Crippen LogP contribution in [0.4, 0.5) is 0 Å². The summed E-state index contributed by atoms with van der Waals surface area (Å²) >= 11 is 0. The van der Waals surface area contributed by atoms with Gasteiger partial charge in [-0.15, -0.1) is 0 Å². The van der Waals surface area contributed by atoms with Gasteiger partial charge >= 0.3 is 0 Å². The van der Waals surface area contributed by atoms with Gasteiger partial charge in [-0.2, -0.15) is 0 Å². The van der Waals surface area contributed by atoms with Crippen molar-refractivity contribution in [1.29, 1.82) is 0 Å². The molecule has 4 aliphatic carbocycles. The van der Waals surface area contributed by atoms with Crippen LogP contribution in [-0.2, 0) is 9.59 Å². The van der Waals surface area contributed by atoms with Crippen LogP contribution in [0.5, 0.6) is 0 Å². The molecular formula is C22H34O2. The van der Waals surface area contributed by atoms with E-state index < -0.39 is 0 Å². The van der Waals surface area contributed by atoms with Gasteiger partial charge < -0.3 is 4.79 Å². The molecule has 4 rings (SSSR count). The van der Waals surface area contributed by atoms with Gasteiger partial charge in [0.2, 0.25) is 0 Å². The highest BCUT2D eigenvalue weighted by Crippen LogP contribution is 2.67. The van der Waals surface area contributed by atoms with Gasteiger partial charge in [0.05, 0.1) is 0 Å². The van der Waals surface area contributed by atoms with Crippen LogP contribution in [0.3, 0.4) is 0 Å². The summed E-state index contributed by atoms with van der Waals surface area (Å²) < 4.78 is 0. The predicted octanol–water partition coefficient (Wildman–Crippen LogP) is 5.05. The molecular weight excluding hydrogens is 296 g/mol. The molecule has 134 valence electrons.